The minimum Gasteiger partial charge on any atom is -0.376 e. The number of nitrogens with zero attached hydrogens (tertiary/aromatic N) is 1. The second-order valence-electron chi connectivity index (χ2n) is 4.62. The number of ketones is 1. The Bertz CT molecular complexity index is 542. The average molecular weight is 275 g/mol. The van der Waals surface area contributed by atoms with Gasteiger partial charge in [-0.15, -0.1) is 0 Å². The summed E-state index contributed by atoms with van der Waals surface area (Å²) in [5, 5.41) is 5.63. The van der Waals surface area contributed by atoms with Crippen molar-refractivity contribution in [2.24, 2.45) is 0 Å². The van der Waals surface area contributed by atoms with Gasteiger partial charge in [0.2, 0.25) is 11.8 Å². The van der Waals surface area contributed by atoms with E-state index >= 15 is 0 Å². The molecule has 1 aliphatic rings. The van der Waals surface area contributed by atoms with Crippen molar-refractivity contribution in [3.63, 3.8) is 0 Å². The molecule has 6 heteroatoms. The van der Waals surface area contributed by atoms with Gasteiger partial charge in [0.15, 0.2) is 5.78 Å². The number of anilines is 1. The molecule has 106 valence electrons. The van der Waals surface area contributed by atoms with Gasteiger partial charge in [0.1, 0.15) is 0 Å². The third-order valence-corrected chi connectivity index (χ3v) is 3.13. The summed E-state index contributed by atoms with van der Waals surface area (Å²) in [6, 6.07) is 7.04. The van der Waals surface area contributed by atoms with Crippen molar-refractivity contribution in [1.82, 2.24) is 10.2 Å². The fourth-order valence-electron chi connectivity index (χ4n) is 2.08. The van der Waals surface area contributed by atoms with Crippen molar-refractivity contribution in [2.45, 2.75) is 6.92 Å². The number of hydrogen-bond donors (Lipinski definition) is 2. The number of carbonyl (C=O) groups excluding carboxylic acids is 3. The molecule has 1 aromatic carbocycles. The number of hydrogen-bond acceptors (Lipinski definition) is 4. The van der Waals surface area contributed by atoms with Gasteiger partial charge in [0, 0.05) is 24.3 Å². The number of piperazine rings is 1. The molecule has 0 saturated carbocycles. The number of nitrogens with one attached hydrogen (secondary N) is 2. The quantitative estimate of drug-likeness (QED) is 0.773. The van der Waals surface area contributed by atoms with Gasteiger partial charge in [-0.05, 0) is 19.1 Å². The van der Waals surface area contributed by atoms with Crippen LogP contribution in [0.1, 0.15) is 17.3 Å². The second kappa shape index (κ2) is 6.18. The Labute approximate surface area is 117 Å². The van der Waals surface area contributed by atoms with Crippen molar-refractivity contribution in [3.05, 3.63) is 29.8 Å². The van der Waals surface area contributed by atoms with Gasteiger partial charge < -0.3 is 15.5 Å². The number of para-hydroxylation sites is 1. The number of rotatable bonds is 4. The van der Waals surface area contributed by atoms with Crippen molar-refractivity contribution in [2.75, 3.05) is 31.5 Å². The number of amides is 2. The van der Waals surface area contributed by atoms with Gasteiger partial charge in [-0.1, -0.05) is 12.1 Å². The SMILES string of the molecule is CC(=O)c1ccccc1NCC(=O)N1CCNC(=O)C1. The lowest BCUT2D eigenvalue weighted by molar-refractivity contribution is -0.136. The van der Waals surface area contributed by atoms with Crippen molar-refractivity contribution < 1.29 is 14.4 Å². The maximum absolute atomic E-state index is 12.0. The lowest BCUT2D eigenvalue weighted by atomic mass is 10.1. The van der Waals surface area contributed by atoms with E-state index in [4.69, 9.17) is 0 Å². The first-order valence-electron chi connectivity index (χ1n) is 6.46. The zero-order valence-electron chi connectivity index (χ0n) is 11.3. The summed E-state index contributed by atoms with van der Waals surface area (Å²) >= 11 is 0. The van der Waals surface area contributed by atoms with Crippen molar-refractivity contribution >= 4 is 23.3 Å². The van der Waals surface area contributed by atoms with Crippen LogP contribution in [0.2, 0.25) is 0 Å². The Morgan fingerprint density at radius 3 is 2.80 bits per heavy atom. The molecule has 0 aromatic heterocycles. The highest BCUT2D eigenvalue weighted by molar-refractivity contribution is 6.00. The smallest absolute Gasteiger partial charge is 0.242 e. The van der Waals surface area contributed by atoms with Gasteiger partial charge in [-0.25, -0.2) is 0 Å². The lowest BCUT2D eigenvalue weighted by Gasteiger charge is -2.27. The first-order valence-corrected chi connectivity index (χ1v) is 6.46. The Hall–Kier alpha value is -2.37. The largest absolute Gasteiger partial charge is 0.376 e. The fourth-order valence-corrected chi connectivity index (χ4v) is 2.08. The molecular weight excluding hydrogens is 258 g/mol. The highest BCUT2D eigenvalue weighted by atomic mass is 16.2. The Morgan fingerprint density at radius 2 is 2.10 bits per heavy atom. The number of carbonyl (C=O) groups is 3. The second-order valence-corrected chi connectivity index (χ2v) is 4.62. The van der Waals surface area contributed by atoms with Crippen LogP contribution in [-0.4, -0.2) is 48.7 Å². The van der Waals surface area contributed by atoms with E-state index in [-0.39, 0.29) is 30.7 Å². The number of Topliss-reactive ketones (excluding diaryl/α,β-unsaturated/α-hetero) is 1. The van der Waals surface area contributed by atoms with Crippen LogP contribution in [0.3, 0.4) is 0 Å². The Balaban J connectivity index is 1.96. The van der Waals surface area contributed by atoms with Crippen molar-refractivity contribution in [3.8, 4) is 0 Å². The predicted octanol–water partition coefficient (Wildman–Crippen LogP) is 0.259. The molecule has 0 spiro atoms. The van der Waals surface area contributed by atoms with E-state index in [1.807, 2.05) is 0 Å². The van der Waals surface area contributed by atoms with Crippen LogP contribution in [0, 0.1) is 0 Å². The molecule has 20 heavy (non-hydrogen) atoms. The summed E-state index contributed by atoms with van der Waals surface area (Å²) in [7, 11) is 0. The van der Waals surface area contributed by atoms with Crippen molar-refractivity contribution in [1.29, 1.82) is 0 Å². The maximum atomic E-state index is 12.0. The monoisotopic (exact) mass is 275 g/mol. The van der Waals surface area contributed by atoms with Crippen LogP contribution < -0.4 is 10.6 Å². The normalized spacial score (nSPS) is 14.7. The Morgan fingerprint density at radius 1 is 1.35 bits per heavy atom. The lowest BCUT2D eigenvalue weighted by Crippen LogP contribution is -2.51. The fraction of sp³-hybridized carbons (Fsp3) is 0.357. The topological polar surface area (TPSA) is 78.5 Å². The van der Waals surface area contributed by atoms with Crippen LogP contribution in [0.25, 0.3) is 0 Å². The summed E-state index contributed by atoms with van der Waals surface area (Å²) in [6.45, 7) is 2.64. The highest BCUT2D eigenvalue weighted by Crippen LogP contribution is 2.15. The van der Waals surface area contributed by atoms with E-state index in [0.29, 0.717) is 24.3 Å². The summed E-state index contributed by atoms with van der Waals surface area (Å²) in [4.78, 5) is 36.2. The summed E-state index contributed by atoms with van der Waals surface area (Å²) in [5.41, 5.74) is 1.19. The molecule has 0 bridgehead atoms. The molecule has 2 amide bonds. The van der Waals surface area contributed by atoms with Crippen LogP contribution >= 0.6 is 0 Å². The highest BCUT2D eigenvalue weighted by Gasteiger charge is 2.20. The van der Waals surface area contributed by atoms with Gasteiger partial charge in [-0.2, -0.15) is 0 Å². The minimum atomic E-state index is -0.154. The third-order valence-electron chi connectivity index (χ3n) is 3.13. The maximum Gasteiger partial charge on any atom is 0.242 e. The third kappa shape index (κ3) is 3.34. The minimum absolute atomic E-state index is 0.0575. The molecule has 1 aliphatic heterocycles. The van der Waals surface area contributed by atoms with Gasteiger partial charge in [0.05, 0.1) is 13.1 Å². The molecule has 1 aromatic rings. The molecule has 0 aliphatic carbocycles. The Kier molecular flexibility index (Phi) is 4.34. The van der Waals surface area contributed by atoms with E-state index < -0.39 is 0 Å². The summed E-state index contributed by atoms with van der Waals surface area (Å²) in [6.07, 6.45) is 0. The molecule has 6 nitrogen and oxygen atoms in total. The van der Waals surface area contributed by atoms with Crippen LogP contribution in [0.4, 0.5) is 5.69 Å². The van der Waals surface area contributed by atoms with E-state index in [1.165, 1.54) is 11.8 Å². The molecule has 1 heterocycles. The standard InChI is InChI=1S/C14H17N3O3/c1-10(18)11-4-2-3-5-12(11)16-8-14(20)17-7-6-15-13(19)9-17/h2-5,16H,6-9H2,1H3,(H,15,19). The molecule has 0 unspecified atom stereocenters. The number of benzene rings is 1. The molecule has 0 radical (unpaired) electrons. The molecule has 1 fully saturated rings. The van der Waals surface area contributed by atoms with E-state index in [2.05, 4.69) is 10.6 Å². The zero-order valence-corrected chi connectivity index (χ0v) is 11.3. The first kappa shape index (κ1) is 14.0. The van der Waals surface area contributed by atoms with Crippen LogP contribution in [0.15, 0.2) is 24.3 Å². The van der Waals surface area contributed by atoms with Crippen LogP contribution in [0.5, 0.6) is 0 Å². The van der Waals surface area contributed by atoms with Gasteiger partial charge in [0.25, 0.3) is 0 Å². The van der Waals surface area contributed by atoms with E-state index in [1.54, 1.807) is 24.3 Å². The predicted molar refractivity (Wildman–Crippen MR) is 74.5 cm³/mol. The zero-order chi connectivity index (χ0) is 14.5. The average Bonchev–Trinajstić information content (AvgIpc) is 2.45. The van der Waals surface area contributed by atoms with Crippen LogP contribution in [-0.2, 0) is 9.59 Å². The van der Waals surface area contributed by atoms with Gasteiger partial charge >= 0.3 is 0 Å². The molecule has 1 saturated heterocycles. The first-order chi connectivity index (χ1) is 9.58. The molecular formula is C14H17N3O3. The summed E-state index contributed by atoms with van der Waals surface area (Å²) < 4.78 is 0. The molecule has 2 N–H and O–H groups in total. The summed E-state index contributed by atoms with van der Waals surface area (Å²) in [5.74, 6) is -0.357. The van der Waals surface area contributed by atoms with E-state index in [9.17, 15) is 14.4 Å². The molecule has 2 rings (SSSR count). The molecule has 0 atom stereocenters. The van der Waals surface area contributed by atoms with Gasteiger partial charge in [-0.3, -0.25) is 14.4 Å². The van der Waals surface area contributed by atoms with E-state index in [0.717, 1.165) is 0 Å².